The molecule has 4 heterocycles. The number of benzene rings is 3. The maximum Gasteiger partial charge on any atom is 0.297 e. The summed E-state index contributed by atoms with van der Waals surface area (Å²) in [4.78, 5) is 17.5. The van der Waals surface area contributed by atoms with E-state index in [0.29, 0.717) is 71.2 Å². The molecule has 1 saturated heterocycles. The topological polar surface area (TPSA) is 123 Å². The van der Waals surface area contributed by atoms with E-state index in [1.54, 1.807) is 32.7 Å². The van der Waals surface area contributed by atoms with Gasteiger partial charge in [-0.15, -0.1) is 0 Å². The molecule has 6 aromatic rings. The van der Waals surface area contributed by atoms with Crippen molar-refractivity contribution in [2.75, 3.05) is 46.8 Å². The molecule has 2 atom stereocenters. The number of hydrogen-bond acceptors (Lipinski definition) is 11. The van der Waals surface area contributed by atoms with Crippen LogP contribution in [-0.4, -0.2) is 99.4 Å². The highest BCUT2D eigenvalue weighted by Gasteiger charge is 2.29. The summed E-state index contributed by atoms with van der Waals surface area (Å²) in [5.41, 5.74) is 6.00. The second-order valence-corrected chi connectivity index (χ2v) is 15.9. The van der Waals surface area contributed by atoms with E-state index in [4.69, 9.17) is 30.9 Å². The van der Waals surface area contributed by atoms with Gasteiger partial charge in [0, 0.05) is 61.1 Å². The van der Waals surface area contributed by atoms with Crippen molar-refractivity contribution in [2.45, 2.75) is 76.2 Å². The van der Waals surface area contributed by atoms with Gasteiger partial charge in [0.25, 0.3) is 6.43 Å². The Balaban J connectivity index is 1.10. The molecule has 2 unspecified atom stereocenters. The van der Waals surface area contributed by atoms with Gasteiger partial charge in [0.05, 0.1) is 66.1 Å². The number of fused-ring (bicyclic) bond motifs is 2. The monoisotopic (exact) mass is 826 g/mol. The third kappa shape index (κ3) is 8.42. The second kappa shape index (κ2) is 17.7. The molecule has 2 aliphatic rings. The lowest BCUT2D eigenvalue weighted by Crippen LogP contribution is -2.47. The Morgan fingerprint density at radius 2 is 1.68 bits per heavy atom. The van der Waals surface area contributed by atoms with Crippen molar-refractivity contribution in [3.05, 3.63) is 89.0 Å². The van der Waals surface area contributed by atoms with Gasteiger partial charge < -0.3 is 24.6 Å². The molecule has 2 fully saturated rings. The van der Waals surface area contributed by atoms with Crippen LogP contribution in [-0.2, 0) is 17.8 Å². The van der Waals surface area contributed by atoms with Crippen LogP contribution in [0.1, 0.15) is 61.9 Å². The molecule has 59 heavy (non-hydrogen) atoms. The van der Waals surface area contributed by atoms with Crippen LogP contribution in [0.2, 0.25) is 5.02 Å². The van der Waals surface area contributed by atoms with Crippen LogP contribution < -0.4 is 14.8 Å². The molecule has 2 N–H and O–H groups in total. The van der Waals surface area contributed by atoms with Gasteiger partial charge in [-0.3, -0.25) is 14.8 Å². The third-order valence-electron chi connectivity index (χ3n) is 11.7. The van der Waals surface area contributed by atoms with E-state index >= 15 is 0 Å². The number of hydrogen-bond donors (Lipinski definition) is 2. The van der Waals surface area contributed by atoms with Crippen molar-refractivity contribution in [3.8, 4) is 28.3 Å². The average Bonchev–Trinajstić information content (AvgIpc) is 3.69. The van der Waals surface area contributed by atoms with Gasteiger partial charge in [-0.1, -0.05) is 55.1 Å². The Kier molecular flexibility index (Phi) is 12.2. The van der Waals surface area contributed by atoms with Crippen LogP contribution >= 0.6 is 11.6 Å². The van der Waals surface area contributed by atoms with Gasteiger partial charge in [0.15, 0.2) is 11.6 Å². The number of likely N-dealkylation sites (N-methyl/N-ethyl adjacent to an activating group) is 1. The molecule has 1 aliphatic carbocycles. The maximum atomic E-state index is 14.2. The summed E-state index contributed by atoms with van der Waals surface area (Å²) >= 11 is 7.16. The summed E-state index contributed by atoms with van der Waals surface area (Å²) in [5, 5.41) is 19.8. The molecule has 0 bridgehead atoms. The molecule has 0 radical (unpaired) electrons. The molecule has 0 amide bonds. The number of pyridine rings is 1. The lowest BCUT2D eigenvalue weighted by Gasteiger charge is -2.35. The summed E-state index contributed by atoms with van der Waals surface area (Å²) < 4.78 is 47.5. The molecule has 3 aromatic heterocycles. The van der Waals surface area contributed by atoms with Crippen molar-refractivity contribution in [1.82, 2.24) is 34.5 Å². The highest BCUT2D eigenvalue weighted by atomic mass is 35.5. The average molecular weight is 827 g/mol. The van der Waals surface area contributed by atoms with E-state index in [9.17, 15) is 13.9 Å². The van der Waals surface area contributed by atoms with Crippen molar-refractivity contribution in [3.63, 3.8) is 0 Å². The van der Waals surface area contributed by atoms with Crippen LogP contribution in [0.5, 0.6) is 11.5 Å². The lowest BCUT2D eigenvalue weighted by atomic mass is 9.94. The Morgan fingerprint density at radius 1 is 0.932 bits per heavy atom. The Bertz CT molecular complexity index is 2420. The first-order chi connectivity index (χ1) is 28.6. The molecule has 0 spiro atoms. The lowest BCUT2D eigenvalue weighted by molar-refractivity contribution is -0.0606. The zero-order chi connectivity index (χ0) is 41.2. The first kappa shape index (κ1) is 40.8. The van der Waals surface area contributed by atoms with E-state index in [2.05, 4.69) is 37.1 Å². The number of aliphatic hydroxyl groups is 1. The minimum atomic E-state index is -2.88. The van der Waals surface area contributed by atoms with Gasteiger partial charge in [-0.25, -0.2) is 23.4 Å². The Hall–Kier alpha value is -4.99. The number of ether oxygens (including phenoxy) is 3. The quantitative estimate of drug-likeness (QED) is 0.116. The summed E-state index contributed by atoms with van der Waals surface area (Å²) in [6.07, 6.45) is 6.82. The summed E-state index contributed by atoms with van der Waals surface area (Å²) in [7, 11) is 7.32. The van der Waals surface area contributed by atoms with E-state index in [1.165, 1.54) is 19.3 Å². The number of nitrogens with one attached hydrogen (secondary N) is 1. The predicted octanol–water partition coefficient (Wildman–Crippen LogP) is 8.73. The number of methoxy groups -OCH3 is 2. The van der Waals surface area contributed by atoms with Gasteiger partial charge in [-0.2, -0.15) is 5.10 Å². The number of anilines is 2. The van der Waals surface area contributed by atoms with Crippen LogP contribution in [0.25, 0.3) is 38.8 Å². The number of aliphatic hydroxyl groups excluding tert-OH is 1. The van der Waals surface area contributed by atoms with Crippen LogP contribution in [0.3, 0.4) is 0 Å². The fourth-order valence-corrected chi connectivity index (χ4v) is 8.86. The highest BCUT2D eigenvalue weighted by molar-refractivity contribution is 6.36. The molecule has 1 saturated carbocycles. The van der Waals surface area contributed by atoms with E-state index in [1.807, 2.05) is 60.3 Å². The standard InChI is InChI=1S/C44H49ClF2N8O4/c1-53(27-10-6-5-7-11-27)23-26-18-34-41(48-21-26)43(52-44(51-34)42(46)47)50-33-14-8-13-30(40(33)45)29-12-9-15-35-31(29)22-49-55(35)28-19-38(57-3)32(39(20-28)58-4)24-54(2)36-16-17-59-25-37(36)56/h8-9,12-15,18-22,27,36-37,42,56H,5-7,10-11,16-17,23-25H2,1-4H3,(H,50,51,52). The normalized spacial score (nSPS) is 17.7. The van der Waals surface area contributed by atoms with Gasteiger partial charge in [-0.05, 0) is 62.7 Å². The minimum absolute atomic E-state index is 0.0601. The number of nitrogens with zero attached hydrogens (tertiary/aromatic N) is 7. The molecule has 1 aliphatic heterocycles. The van der Waals surface area contributed by atoms with Crippen LogP contribution in [0.15, 0.2) is 67.0 Å². The summed E-state index contributed by atoms with van der Waals surface area (Å²) in [6, 6.07) is 17.5. The number of alkyl halides is 2. The first-order valence-corrected chi connectivity index (χ1v) is 20.4. The summed E-state index contributed by atoms with van der Waals surface area (Å²) in [6.45, 7) is 2.04. The Morgan fingerprint density at radius 3 is 2.41 bits per heavy atom. The Labute approximate surface area is 347 Å². The maximum absolute atomic E-state index is 14.2. The molecule has 12 nitrogen and oxygen atoms in total. The molecular weight excluding hydrogens is 778 g/mol. The molecular formula is C44H49ClF2N8O4. The zero-order valence-electron chi connectivity index (χ0n) is 33.7. The molecule has 8 rings (SSSR count). The molecule has 3 aromatic carbocycles. The predicted molar refractivity (Wildman–Crippen MR) is 225 cm³/mol. The third-order valence-corrected chi connectivity index (χ3v) is 12.1. The number of halogens is 3. The molecule has 15 heteroatoms. The van der Waals surface area contributed by atoms with Crippen molar-refractivity contribution in [1.29, 1.82) is 0 Å². The van der Waals surface area contributed by atoms with Gasteiger partial charge in [0.1, 0.15) is 17.0 Å². The highest BCUT2D eigenvalue weighted by Crippen LogP contribution is 2.41. The van der Waals surface area contributed by atoms with Crippen LogP contribution in [0, 0.1) is 0 Å². The number of aromatic nitrogens is 5. The zero-order valence-corrected chi connectivity index (χ0v) is 34.4. The van der Waals surface area contributed by atoms with E-state index in [0.717, 1.165) is 52.5 Å². The van der Waals surface area contributed by atoms with Crippen molar-refractivity contribution in [2.24, 2.45) is 0 Å². The molecule has 310 valence electrons. The largest absolute Gasteiger partial charge is 0.496 e. The van der Waals surface area contributed by atoms with E-state index < -0.39 is 18.4 Å². The SMILES string of the molecule is COc1cc(-n2ncc3c(-c4cccc(Nc5nc(C(F)F)nc6cc(CN(C)C7CCCCC7)cnc56)c4Cl)cccc32)cc(OC)c1CN(C)C1CCOCC1O. The van der Waals surface area contributed by atoms with E-state index in [-0.39, 0.29) is 11.9 Å². The fourth-order valence-electron chi connectivity index (χ4n) is 8.59. The fraction of sp³-hybridized carbons (Fsp3) is 0.409. The van der Waals surface area contributed by atoms with Gasteiger partial charge >= 0.3 is 0 Å². The van der Waals surface area contributed by atoms with Crippen LogP contribution in [0.4, 0.5) is 20.3 Å². The first-order valence-electron chi connectivity index (χ1n) is 20.0. The smallest absolute Gasteiger partial charge is 0.297 e. The number of rotatable bonds is 13. The van der Waals surface area contributed by atoms with Crippen molar-refractivity contribution < 1.29 is 28.1 Å². The minimum Gasteiger partial charge on any atom is -0.496 e. The van der Waals surface area contributed by atoms with Gasteiger partial charge in [0.2, 0.25) is 0 Å². The van der Waals surface area contributed by atoms with Crippen molar-refractivity contribution >= 4 is 45.0 Å². The summed E-state index contributed by atoms with van der Waals surface area (Å²) in [5.74, 6) is 0.803. The second-order valence-electron chi connectivity index (χ2n) is 15.5.